The molecule has 4 rings (SSSR count). The maximum absolute atomic E-state index is 14.6. The van der Waals surface area contributed by atoms with Crippen molar-refractivity contribution < 1.29 is 31.9 Å². The average molecular weight is 539 g/mol. The van der Waals surface area contributed by atoms with Crippen molar-refractivity contribution in [1.29, 1.82) is 0 Å². The van der Waals surface area contributed by atoms with E-state index in [-0.39, 0.29) is 34.4 Å². The van der Waals surface area contributed by atoms with E-state index in [1.807, 2.05) is 0 Å². The van der Waals surface area contributed by atoms with Gasteiger partial charge in [0.2, 0.25) is 5.91 Å². The number of carbonyl (C=O) groups excluding carboxylic acids is 2. The van der Waals surface area contributed by atoms with Crippen LogP contribution in [0.3, 0.4) is 0 Å². The smallest absolute Gasteiger partial charge is 0.251 e. The number of nitrogens with one attached hydrogen (secondary N) is 1. The minimum atomic E-state index is -1.11. The van der Waals surface area contributed by atoms with Gasteiger partial charge in [-0.25, -0.2) is 17.6 Å². The minimum Gasteiger partial charge on any atom is -0.495 e. The van der Waals surface area contributed by atoms with Gasteiger partial charge in [-0.3, -0.25) is 9.59 Å². The van der Waals surface area contributed by atoms with Crippen LogP contribution in [0.15, 0.2) is 47.4 Å². The SMILES string of the molecule is COc1ccc(F)c(CN2C(=O)C(C)Sc3cc(C(=O)NCc4c(F)cc(F)cc4F)ccc32)c1Cl. The Bertz CT molecular complexity index is 1350. The van der Waals surface area contributed by atoms with Crippen LogP contribution in [-0.4, -0.2) is 24.2 Å². The molecule has 5 nitrogen and oxygen atoms in total. The molecule has 2 amide bonds. The highest BCUT2D eigenvalue weighted by Gasteiger charge is 2.32. The Hall–Kier alpha value is -3.24. The van der Waals surface area contributed by atoms with Crippen LogP contribution in [0.4, 0.5) is 23.2 Å². The Kier molecular flexibility index (Phi) is 7.46. The highest BCUT2D eigenvalue weighted by molar-refractivity contribution is 8.01. The Balaban J connectivity index is 1.59. The van der Waals surface area contributed by atoms with Crippen LogP contribution >= 0.6 is 23.4 Å². The first-order chi connectivity index (χ1) is 17.1. The fourth-order valence-corrected chi connectivity index (χ4v) is 5.16. The molecule has 1 aliphatic rings. The number of ether oxygens (including phenoxy) is 1. The summed E-state index contributed by atoms with van der Waals surface area (Å²) >= 11 is 7.51. The number of thioether (sulfide) groups is 1. The second-order valence-electron chi connectivity index (χ2n) is 7.94. The van der Waals surface area contributed by atoms with E-state index in [9.17, 15) is 27.2 Å². The zero-order valence-electron chi connectivity index (χ0n) is 19.0. The quantitative estimate of drug-likeness (QED) is 0.399. The Labute approximate surface area is 213 Å². The van der Waals surface area contributed by atoms with Gasteiger partial charge < -0.3 is 15.0 Å². The van der Waals surface area contributed by atoms with Crippen molar-refractivity contribution in [3.8, 4) is 5.75 Å². The number of fused-ring (bicyclic) bond motifs is 1. The lowest BCUT2D eigenvalue weighted by atomic mass is 10.1. The third kappa shape index (κ3) is 5.01. The van der Waals surface area contributed by atoms with Crippen molar-refractivity contribution in [2.75, 3.05) is 12.0 Å². The summed E-state index contributed by atoms with van der Waals surface area (Å²) < 4.78 is 60.6. The van der Waals surface area contributed by atoms with Crippen LogP contribution < -0.4 is 15.0 Å². The first-order valence-electron chi connectivity index (χ1n) is 10.6. The van der Waals surface area contributed by atoms with Gasteiger partial charge in [0.15, 0.2) is 0 Å². The second-order valence-corrected chi connectivity index (χ2v) is 9.70. The van der Waals surface area contributed by atoms with Crippen molar-refractivity contribution in [2.24, 2.45) is 0 Å². The average Bonchev–Trinajstić information content (AvgIpc) is 2.82. The molecule has 0 saturated carbocycles. The second kappa shape index (κ2) is 10.4. The Morgan fingerprint density at radius 2 is 1.75 bits per heavy atom. The van der Waals surface area contributed by atoms with E-state index in [4.69, 9.17) is 16.3 Å². The number of benzene rings is 3. The summed E-state index contributed by atoms with van der Waals surface area (Å²) in [7, 11) is 1.40. The summed E-state index contributed by atoms with van der Waals surface area (Å²) in [5.41, 5.74) is 0.240. The summed E-state index contributed by atoms with van der Waals surface area (Å²) in [6.07, 6.45) is 0. The van der Waals surface area contributed by atoms with Crippen molar-refractivity contribution in [1.82, 2.24) is 5.32 Å². The van der Waals surface area contributed by atoms with Gasteiger partial charge in [-0.1, -0.05) is 11.6 Å². The molecular formula is C25H19ClF4N2O3S. The molecule has 0 aromatic heterocycles. The largest absolute Gasteiger partial charge is 0.495 e. The van der Waals surface area contributed by atoms with Gasteiger partial charge in [-0.15, -0.1) is 11.8 Å². The topological polar surface area (TPSA) is 58.6 Å². The van der Waals surface area contributed by atoms with Gasteiger partial charge in [-0.2, -0.15) is 0 Å². The first kappa shape index (κ1) is 25.8. The first-order valence-corrected chi connectivity index (χ1v) is 11.9. The third-order valence-electron chi connectivity index (χ3n) is 5.65. The zero-order chi connectivity index (χ0) is 26.1. The number of carbonyl (C=O) groups is 2. The monoisotopic (exact) mass is 538 g/mol. The lowest BCUT2D eigenvalue weighted by Crippen LogP contribution is -2.39. The molecule has 1 unspecified atom stereocenters. The van der Waals surface area contributed by atoms with Crippen LogP contribution in [0.2, 0.25) is 5.02 Å². The van der Waals surface area contributed by atoms with Crippen LogP contribution in [0.1, 0.15) is 28.4 Å². The van der Waals surface area contributed by atoms with Gasteiger partial charge in [-0.05, 0) is 37.3 Å². The van der Waals surface area contributed by atoms with Crippen LogP contribution in [0.5, 0.6) is 5.75 Å². The number of hydrogen-bond acceptors (Lipinski definition) is 4. The number of nitrogens with zero attached hydrogens (tertiary/aromatic N) is 1. The molecule has 0 fully saturated rings. The summed E-state index contributed by atoms with van der Waals surface area (Å²) in [5, 5.41) is 1.92. The summed E-state index contributed by atoms with van der Waals surface area (Å²) in [5.74, 6) is -4.51. The number of halogens is 5. The fourth-order valence-electron chi connectivity index (χ4n) is 3.76. The van der Waals surface area contributed by atoms with Gasteiger partial charge >= 0.3 is 0 Å². The lowest BCUT2D eigenvalue weighted by Gasteiger charge is -2.33. The molecule has 0 saturated heterocycles. The van der Waals surface area contributed by atoms with E-state index in [1.165, 1.54) is 54.1 Å². The van der Waals surface area contributed by atoms with Crippen molar-refractivity contribution in [3.63, 3.8) is 0 Å². The molecule has 1 N–H and O–H groups in total. The van der Waals surface area contributed by atoms with Gasteiger partial charge in [0.05, 0.1) is 29.6 Å². The molecule has 3 aromatic carbocycles. The van der Waals surface area contributed by atoms with Crippen LogP contribution in [0, 0.1) is 23.3 Å². The fraction of sp³-hybridized carbons (Fsp3) is 0.200. The summed E-state index contributed by atoms with van der Waals surface area (Å²) in [6.45, 7) is 1.03. The molecular weight excluding hydrogens is 520 g/mol. The third-order valence-corrected chi connectivity index (χ3v) is 7.20. The lowest BCUT2D eigenvalue weighted by molar-refractivity contribution is -0.118. The highest BCUT2D eigenvalue weighted by atomic mass is 35.5. The van der Waals surface area contributed by atoms with E-state index in [2.05, 4.69) is 5.32 Å². The molecule has 188 valence electrons. The van der Waals surface area contributed by atoms with Crippen LogP contribution in [-0.2, 0) is 17.9 Å². The molecule has 1 atom stereocenters. The van der Waals surface area contributed by atoms with E-state index < -0.39 is 46.5 Å². The van der Waals surface area contributed by atoms with E-state index in [0.717, 1.165) is 0 Å². The van der Waals surface area contributed by atoms with Gasteiger partial charge in [0.25, 0.3) is 5.91 Å². The zero-order valence-corrected chi connectivity index (χ0v) is 20.6. The maximum Gasteiger partial charge on any atom is 0.251 e. The number of methoxy groups -OCH3 is 1. The van der Waals surface area contributed by atoms with E-state index in [0.29, 0.717) is 22.7 Å². The number of rotatable bonds is 6. The standard InChI is InChI=1S/C25H19ClF4N2O3S/c1-12-25(34)32(11-16-17(28)4-6-21(35-2)23(16)26)20-5-3-13(7-22(20)36-12)24(33)31-10-15-18(29)8-14(27)9-19(15)30/h3-9,12H,10-11H2,1-2H3,(H,31,33). The summed E-state index contributed by atoms with van der Waals surface area (Å²) in [4.78, 5) is 27.6. The molecule has 36 heavy (non-hydrogen) atoms. The maximum atomic E-state index is 14.6. The molecule has 0 aliphatic carbocycles. The molecule has 0 bridgehead atoms. The molecule has 1 aliphatic heterocycles. The number of anilines is 1. The van der Waals surface area contributed by atoms with Crippen molar-refractivity contribution >= 4 is 40.9 Å². The molecule has 1 heterocycles. The van der Waals surface area contributed by atoms with Crippen molar-refractivity contribution in [2.45, 2.75) is 30.2 Å². The molecule has 0 spiro atoms. The minimum absolute atomic E-state index is 0.0500. The molecule has 11 heteroatoms. The predicted octanol–water partition coefficient (Wildman–Crippen LogP) is 5.86. The van der Waals surface area contributed by atoms with Gasteiger partial charge in [0.1, 0.15) is 29.0 Å². The Morgan fingerprint density at radius 1 is 1.06 bits per heavy atom. The summed E-state index contributed by atoms with van der Waals surface area (Å²) in [6, 6.07) is 8.16. The molecule has 0 radical (unpaired) electrons. The highest BCUT2D eigenvalue weighted by Crippen LogP contribution is 2.41. The molecule has 3 aromatic rings. The van der Waals surface area contributed by atoms with Crippen LogP contribution in [0.25, 0.3) is 0 Å². The number of amides is 2. The Morgan fingerprint density at radius 3 is 2.42 bits per heavy atom. The van der Waals surface area contributed by atoms with Crippen molar-refractivity contribution in [3.05, 3.63) is 87.4 Å². The van der Waals surface area contributed by atoms with E-state index >= 15 is 0 Å². The normalized spacial score (nSPS) is 15.0. The van der Waals surface area contributed by atoms with E-state index in [1.54, 1.807) is 6.92 Å². The number of hydrogen-bond donors (Lipinski definition) is 1. The predicted molar refractivity (Wildman–Crippen MR) is 128 cm³/mol. The van der Waals surface area contributed by atoms with Gasteiger partial charge in [0, 0.05) is 40.3 Å².